The summed E-state index contributed by atoms with van der Waals surface area (Å²) < 4.78 is 0. The Kier molecular flexibility index (Phi) is 5.18. The lowest BCUT2D eigenvalue weighted by Crippen LogP contribution is -2.43. The summed E-state index contributed by atoms with van der Waals surface area (Å²) >= 11 is 1.86. The summed E-state index contributed by atoms with van der Waals surface area (Å²) in [7, 11) is 6.55. The Hall–Kier alpha value is -0.420. The number of thiophene rings is 1. The average molecular weight is 267 g/mol. The Morgan fingerprint density at radius 2 is 2.17 bits per heavy atom. The maximum Gasteiger partial charge on any atom is 0.0561 e. The molecule has 0 aromatic carbocycles. The molecule has 1 saturated heterocycles. The van der Waals surface area contributed by atoms with Crippen LogP contribution in [-0.4, -0.2) is 56.6 Å². The highest BCUT2D eigenvalue weighted by Crippen LogP contribution is 2.22. The fourth-order valence-electron chi connectivity index (χ4n) is 2.51. The van der Waals surface area contributed by atoms with Crippen LogP contribution in [0.5, 0.6) is 0 Å². The topological polar surface area (TPSA) is 18.5 Å². The third-order valence-electron chi connectivity index (χ3n) is 3.81. The number of nitrogens with zero attached hydrogens (tertiary/aromatic N) is 2. The van der Waals surface area contributed by atoms with E-state index < -0.39 is 0 Å². The van der Waals surface area contributed by atoms with Crippen molar-refractivity contribution in [2.24, 2.45) is 0 Å². The molecule has 1 aliphatic rings. The third kappa shape index (κ3) is 3.79. The molecule has 0 radical (unpaired) electrons. The van der Waals surface area contributed by atoms with Crippen LogP contribution in [0.3, 0.4) is 0 Å². The monoisotopic (exact) mass is 267 g/mol. The minimum Gasteiger partial charge on any atom is -0.312 e. The maximum absolute atomic E-state index is 3.75. The van der Waals surface area contributed by atoms with Crippen molar-refractivity contribution in [3.63, 3.8) is 0 Å². The van der Waals surface area contributed by atoms with Gasteiger partial charge >= 0.3 is 0 Å². The Bertz CT molecular complexity index is 329. The Morgan fingerprint density at radius 1 is 1.44 bits per heavy atom. The molecular weight excluding hydrogens is 242 g/mol. The first-order valence-corrected chi connectivity index (χ1v) is 7.66. The molecule has 102 valence electrons. The van der Waals surface area contributed by atoms with Gasteiger partial charge in [0.2, 0.25) is 0 Å². The zero-order chi connectivity index (χ0) is 13.0. The quantitative estimate of drug-likeness (QED) is 0.881. The van der Waals surface area contributed by atoms with Crippen LogP contribution in [0.4, 0.5) is 0 Å². The van der Waals surface area contributed by atoms with E-state index in [9.17, 15) is 0 Å². The lowest BCUT2D eigenvalue weighted by molar-refractivity contribution is 0.217. The van der Waals surface area contributed by atoms with E-state index in [1.54, 1.807) is 0 Å². The number of hydrogen-bond donors (Lipinski definition) is 1. The number of likely N-dealkylation sites (tertiary alicyclic amines) is 1. The van der Waals surface area contributed by atoms with Gasteiger partial charge in [0.1, 0.15) is 0 Å². The third-order valence-corrected chi connectivity index (χ3v) is 4.79. The van der Waals surface area contributed by atoms with Crippen LogP contribution in [0.2, 0.25) is 0 Å². The lowest BCUT2D eigenvalue weighted by atomic mass is 10.0. The van der Waals surface area contributed by atoms with E-state index in [1.807, 2.05) is 11.3 Å². The van der Waals surface area contributed by atoms with Crippen molar-refractivity contribution >= 4 is 11.3 Å². The highest BCUT2D eigenvalue weighted by molar-refractivity contribution is 7.10. The fourth-order valence-corrected chi connectivity index (χ4v) is 3.43. The van der Waals surface area contributed by atoms with E-state index in [0.717, 1.165) is 6.54 Å². The van der Waals surface area contributed by atoms with Crippen molar-refractivity contribution in [1.29, 1.82) is 0 Å². The van der Waals surface area contributed by atoms with E-state index in [-0.39, 0.29) is 0 Å². The Labute approximate surface area is 115 Å². The summed E-state index contributed by atoms with van der Waals surface area (Å²) in [5.74, 6) is 0. The molecule has 2 rings (SSSR count). The number of nitrogens with one attached hydrogen (secondary N) is 1. The fraction of sp³-hybridized carbons (Fsp3) is 0.714. The molecule has 1 unspecified atom stereocenters. The number of hydrogen-bond acceptors (Lipinski definition) is 4. The van der Waals surface area contributed by atoms with Gasteiger partial charge < -0.3 is 15.1 Å². The molecule has 1 N–H and O–H groups in total. The van der Waals surface area contributed by atoms with Crippen molar-refractivity contribution in [1.82, 2.24) is 15.1 Å². The first-order valence-electron chi connectivity index (χ1n) is 6.78. The first-order chi connectivity index (χ1) is 8.66. The maximum atomic E-state index is 3.75. The summed E-state index contributed by atoms with van der Waals surface area (Å²) in [4.78, 5) is 6.19. The van der Waals surface area contributed by atoms with Crippen molar-refractivity contribution in [3.8, 4) is 0 Å². The molecule has 1 fully saturated rings. The van der Waals surface area contributed by atoms with Crippen LogP contribution in [0.25, 0.3) is 0 Å². The van der Waals surface area contributed by atoms with Crippen molar-refractivity contribution in [2.75, 3.05) is 40.8 Å². The molecule has 3 nitrogen and oxygen atoms in total. The minimum atomic E-state index is 0.504. The van der Waals surface area contributed by atoms with E-state index in [1.165, 1.54) is 30.8 Å². The van der Waals surface area contributed by atoms with Crippen molar-refractivity contribution < 1.29 is 0 Å². The molecule has 1 aromatic heterocycles. The summed E-state index contributed by atoms with van der Waals surface area (Å²) in [6.07, 6.45) is 2.56. The SMILES string of the molecule is CN1CCC(NCC(c2cccs2)N(C)C)CC1. The zero-order valence-electron chi connectivity index (χ0n) is 11.7. The molecule has 0 saturated carbocycles. The van der Waals surface area contributed by atoms with E-state index in [4.69, 9.17) is 0 Å². The van der Waals surface area contributed by atoms with E-state index in [0.29, 0.717) is 12.1 Å². The molecular formula is C14H25N3S. The Balaban J connectivity index is 1.83. The number of rotatable bonds is 5. The summed E-state index contributed by atoms with van der Waals surface area (Å²) in [5, 5.41) is 5.92. The molecule has 0 amide bonds. The van der Waals surface area contributed by atoms with Gasteiger partial charge in [-0.05, 0) is 58.5 Å². The van der Waals surface area contributed by atoms with Gasteiger partial charge in [0.05, 0.1) is 6.04 Å². The molecule has 1 aromatic rings. The van der Waals surface area contributed by atoms with Crippen LogP contribution < -0.4 is 5.32 Å². The van der Waals surface area contributed by atoms with E-state index in [2.05, 4.69) is 53.8 Å². The largest absolute Gasteiger partial charge is 0.312 e. The summed E-state index contributed by atoms with van der Waals surface area (Å²) in [5.41, 5.74) is 0. The van der Waals surface area contributed by atoms with Gasteiger partial charge in [-0.15, -0.1) is 11.3 Å². The molecule has 1 atom stereocenters. The normalized spacial score (nSPS) is 20.4. The zero-order valence-corrected chi connectivity index (χ0v) is 12.5. The van der Waals surface area contributed by atoms with Gasteiger partial charge in [-0.25, -0.2) is 0 Å². The van der Waals surface area contributed by atoms with Gasteiger partial charge in [0.25, 0.3) is 0 Å². The highest BCUT2D eigenvalue weighted by Gasteiger charge is 2.20. The molecule has 0 spiro atoms. The molecule has 0 aliphatic carbocycles. The summed E-state index contributed by atoms with van der Waals surface area (Å²) in [6.45, 7) is 3.51. The predicted molar refractivity (Wildman–Crippen MR) is 79.3 cm³/mol. The van der Waals surface area contributed by atoms with Gasteiger partial charge in [-0.3, -0.25) is 0 Å². The molecule has 0 bridgehead atoms. The molecule has 18 heavy (non-hydrogen) atoms. The predicted octanol–water partition coefficient (Wildman–Crippen LogP) is 2.03. The highest BCUT2D eigenvalue weighted by atomic mass is 32.1. The number of likely N-dealkylation sites (N-methyl/N-ethyl adjacent to an activating group) is 1. The number of piperidine rings is 1. The van der Waals surface area contributed by atoms with Crippen molar-refractivity contribution in [2.45, 2.75) is 24.9 Å². The molecule has 4 heteroatoms. The van der Waals surface area contributed by atoms with Gasteiger partial charge in [-0.1, -0.05) is 6.07 Å². The van der Waals surface area contributed by atoms with Crippen LogP contribution in [0.15, 0.2) is 17.5 Å². The average Bonchev–Trinajstić information content (AvgIpc) is 2.85. The second-order valence-corrected chi connectivity index (χ2v) is 6.46. The van der Waals surface area contributed by atoms with Crippen LogP contribution >= 0.6 is 11.3 Å². The lowest BCUT2D eigenvalue weighted by Gasteiger charge is -2.32. The summed E-state index contributed by atoms with van der Waals surface area (Å²) in [6, 6.07) is 5.59. The molecule has 2 heterocycles. The van der Waals surface area contributed by atoms with Gasteiger partial charge in [0.15, 0.2) is 0 Å². The second kappa shape index (κ2) is 6.66. The van der Waals surface area contributed by atoms with Crippen LogP contribution in [-0.2, 0) is 0 Å². The smallest absolute Gasteiger partial charge is 0.0561 e. The Morgan fingerprint density at radius 3 is 2.72 bits per heavy atom. The standard InChI is InChI=1S/C14H25N3S/c1-16(2)13(14-5-4-10-18-14)11-15-12-6-8-17(3)9-7-12/h4-5,10,12-13,15H,6-9,11H2,1-3H3. The van der Waals surface area contributed by atoms with Gasteiger partial charge in [0, 0.05) is 17.5 Å². The van der Waals surface area contributed by atoms with Gasteiger partial charge in [-0.2, -0.15) is 0 Å². The van der Waals surface area contributed by atoms with Crippen LogP contribution in [0.1, 0.15) is 23.8 Å². The van der Waals surface area contributed by atoms with Crippen LogP contribution in [0, 0.1) is 0 Å². The first kappa shape index (κ1) is 14.0. The van der Waals surface area contributed by atoms with Crippen molar-refractivity contribution in [3.05, 3.63) is 22.4 Å². The minimum absolute atomic E-state index is 0.504. The second-order valence-electron chi connectivity index (χ2n) is 5.48. The van der Waals surface area contributed by atoms with E-state index >= 15 is 0 Å². The molecule has 1 aliphatic heterocycles.